The molecule has 3 rings (SSSR count). The van der Waals surface area contributed by atoms with Crippen LogP contribution in [-0.2, 0) is 10.0 Å². The highest BCUT2D eigenvalue weighted by Gasteiger charge is 2.47. The maximum atomic E-state index is 13.7. The summed E-state index contributed by atoms with van der Waals surface area (Å²) in [6, 6.07) is 12.5. The molecule has 0 amide bonds. The first-order valence-corrected chi connectivity index (χ1v) is 8.58. The van der Waals surface area contributed by atoms with Gasteiger partial charge in [0, 0.05) is 11.9 Å². The second-order valence-corrected chi connectivity index (χ2v) is 7.12. The average Bonchev–Trinajstić information content (AvgIpc) is 3.18. The first-order chi connectivity index (χ1) is 10.5. The van der Waals surface area contributed by atoms with Gasteiger partial charge >= 0.3 is 0 Å². The normalized spacial score (nSPS) is 16.0. The summed E-state index contributed by atoms with van der Waals surface area (Å²) < 4.78 is 40.2. The van der Waals surface area contributed by atoms with Crippen LogP contribution in [0.2, 0.25) is 0 Å². The quantitative estimate of drug-likeness (QED) is 0.858. The smallest absolute Gasteiger partial charge is 0.236 e. The summed E-state index contributed by atoms with van der Waals surface area (Å²) >= 11 is 0. The third-order valence-electron chi connectivity index (χ3n) is 3.35. The van der Waals surface area contributed by atoms with Crippen LogP contribution in [0, 0.1) is 0 Å². The summed E-state index contributed by atoms with van der Waals surface area (Å²) in [7, 11) is -3.75. The van der Waals surface area contributed by atoms with Crippen LogP contribution < -0.4 is 10.0 Å². The number of hydrogen-bond donors (Lipinski definition) is 2. The number of sulfonamides is 1. The highest BCUT2D eigenvalue weighted by atomic mass is 32.2. The van der Waals surface area contributed by atoms with Crippen LogP contribution in [0.5, 0.6) is 0 Å². The zero-order valence-corrected chi connectivity index (χ0v) is 12.6. The van der Waals surface area contributed by atoms with Gasteiger partial charge in [-0.05, 0) is 37.1 Å². The molecule has 1 aliphatic carbocycles. The SMILES string of the molecule is O=S(=O)(CC1(F)CC1)Nc1cccnc1Nc1ccccc1. The Hall–Kier alpha value is -2.15. The van der Waals surface area contributed by atoms with Crippen molar-refractivity contribution in [1.29, 1.82) is 0 Å². The van der Waals surface area contributed by atoms with Crippen LogP contribution in [-0.4, -0.2) is 24.8 Å². The van der Waals surface area contributed by atoms with Crippen molar-refractivity contribution in [2.45, 2.75) is 18.5 Å². The molecular weight excluding hydrogens is 305 g/mol. The van der Waals surface area contributed by atoms with Crippen LogP contribution in [0.25, 0.3) is 0 Å². The van der Waals surface area contributed by atoms with E-state index in [0.717, 1.165) is 5.69 Å². The van der Waals surface area contributed by atoms with Crippen molar-refractivity contribution in [2.75, 3.05) is 15.8 Å². The number of alkyl halides is 1. The number of benzene rings is 1. The fraction of sp³-hybridized carbons (Fsp3) is 0.267. The Kier molecular flexibility index (Phi) is 3.74. The number of halogens is 1. The van der Waals surface area contributed by atoms with Gasteiger partial charge in [0.2, 0.25) is 10.0 Å². The van der Waals surface area contributed by atoms with Gasteiger partial charge in [0.05, 0.1) is 5.69 Å². The molecule has 1 heterocycles. The third kappa shape index (κ3) is 3.73. The fourth-order valence-electron chi connectivity index (χ4n) is 2.07. The molecule has 7 heteroatoms. The number of nitrogens with zero attached hydrogens (tertiary/aromatic N) is 1. The molecule has 0 atom stereocenters. The largest absolute Gasteiger partial charge is 0.338 e. The summed E-state index contributed by atoms with van der Waals surface area (Å²) in [4.78, 5) is 4.14. The lowest BCUT2D eigenvalue weighted by molar-refractivity contribution is 0.341. The molecule has 1 aromatic heterocycles. The van der Waals surface area contributed by atoms with Gasteiger partial charge in [0.25, 0.3) is 0 Å². The lowest BCUT2D eigenvalue weighted by Gasteiger charge is -2.14. The maximum Gasteiger partial charge on any atom is 0.236 e. The van der Waals surface area contributed by atoms with Gasteiger partial charge in [-0.1, -0.05) is 18.2 Å². The molecule has 1 aromatic carbocycles. The number of hydrogen-bond acceptors (Lipinski definition) is 4. The Bertz CT molecular complexity index is 761. The topological polar surface area (TPSA) is 71.1 Å². The van der Waals surface area contributed by atoms with Crippen LogP contribution >= 0.6 is 0 Å². The second kappa shape index (κ2) is 5.57. The van der Waals surface area contributed by atoms with Crippen LogP contribution in [0.1, 0.15) is 12.8 Å². The summed E-state index contributed by atoms with van der Waals surface area (Å²) in [5, 5.41) is 3.04. The zero-order valence-electron chi connectivity index (χ0n) is 11.8. The summed E-state index contributed by atoms with van der Waals surface area (Å²) in [6.07, 6.45) is 2.16. The van der Waals surface area contributed by atoms with E-state index in [0.29, 0.717) is 24.3 Å². The van der Waals surface area contributed by atoms with E-state index in [9.17, 15) is 12.8 Å². The Balaban J connectivity index is 1.79. The Morgan fingerprint density at radius 1 is 1.14 bits per heavy atom. The Labute approximate surface area is 128 Å². The molecule has 0 radical (unpaired) electrons. The monoisotopic (exact) mass is 321 g/mol. The minimum Gasteiger partial charge on any atom is -0.338 e. The number of pyridine rings is 1. The van der Waals surface area contributed by atoms with Crippen molar-refractivity contribution >= 4 is 27.2 Å². The Morgan fingerprint density at radius 3 is 2.55 bits per heavy atom. The summed E-state index contributed by atoms with van der Waals surface area (Å²) in [5.74, 6) is -0.138. The molecule has 0 spiro atoms. The highest BCUT2D eigenvalue weighted by Crippen LogP contribution is 2.41. The molecule has 5 nitrogen and oxygen atoms in total. The molecule has 116 valence electrons. The number of anilines is 3. The standard InChI is InChI=1S/C15H16FN3O2S/c16-15(8-9-15)11-22(20,21)19-13-7-4-10-17-14(13)18-12-5-2-1-3-6-12/h1-7,10,19H,8-9,11H2,(H,17,18). The van der Waals surface area contributed by atoms with Gasteiger partial charge in [-0.2, -0.15) is 0 Å². The molecular formula is C15H16FN3O2S. The molecule has 22 heavy (non-hydrogen) atoms. The number of aromatic nitrogens is 1. The number of rotatable bonds is 6. The number of nitrogens with one attached hydrogen (secondary N) is 2. The van der Waals surface area contributed by atoms with Gasteiger partial charge in [-0.3, -0.25) is 4.72 Å². The third-order valence-corrected chi connectivity index (χ3v) is 4.78. The molecule has 0 saturated heterocycles. The molecule has 2 N–H and O–H groups in total. The minimum atomic E-state index is -3.75. The van der Waals surface area contributed by atoms with Gasteiger partial charge in [0.15, 0.2) is 5.82 Å². The fourth-order valence-corrected chi connectivity index (χ4v) is 3.61. The molecule has 0 unspecified atom stereocenters. The lowest BCUT2D eigenvalue weighted by atomic mass is 10.3. The molecule has 2 aromatic rings. The zero-order chi connectivity index (χ0) is 15.6. The number of para-hydroxylation sites is 1. The van der Waals surface area contributed by atoms with Crippen molar-refractivity contribution in [3.63, 3.8) is 0 Å². The van der Waals surface area contributed by atoms with E-state index in [-0.39, 0.29) is 0 Å². The summed E-state index contributed by atoms with van der Waals surface area (Å²) in [5.41, 5.74) is -0.484. The van der Waals surface area contributed by atoms with Gasteiger partial charge in [-0.25, -0.2) is 17.8 Å². The minimum absolute atomic E-state index is 0.301. The highest BCUT2D eigenvalue weighted by molar-refractivity contribution is 7.92. The predicted molar refractivity (Wildman–Crippen MR) is 84.4 cm³/mol. The van der Waals surface area contributed by atoms with E-state index in [1.807, 2.05) is 30.3 Å². The van der Waals surface area contributed by atoms with Gasteiger partial charge < -0.3 is 5.32 Å². The van der Waals surface area contributed by atoms with E-state index in [1.165, 1.54) is 0 Å². The van der Waals surface area contributed by atoms with Crippen molar-refractivity contribution in [3.05, 3.63) is 48.7 Å². The van der Waals surface area contributed by atoms with Crippen LogP contribution in [0.15, 0.2) is 48.7 Å². The van der Waals surface area contributed by atoms with Crippen LogP contribution in [0.4, 0.5) is 21.6 Å². The van der Waals surface area contributed by atoms with E-state index >= 15 is 0 Å². The molecule has 1 saturated carbocycles. The van der Waals surface area contributed by atoms with E-state index in [4.69, 9.17) is 0 Å². The van der Waals surface area contributed by atoms with Crippen molar-refractivity contribution < 1.29 is 12.8 Å². The molecule has 1 aliphatic rings. The molecule has 1 fully saturated rings. The van der Waals surface area contributed by atoms with Crippen molar-refractivity contribution in [2.24, 2.45) is 0 Å². The lowest BCUT2D eigenvalue weighted by Crippen LogP contribution is -2.25. The average molecular weight is 321 g/mol. The molecule has 0 aliphatic heterocycles. The van der Waals surface area contributed by atoms with Crippen LogP contribution in [0.3, 0.4) is 0 Å². The first-order valence-electron chi connectivity index (χ1n) is 6.92. The first kappa shape index (κ1) is 14.8. The van der Waals surface area contributed by atoms with Crippen molar-refractivity contribution in [3.8, 4) is 0 Å². The molecule has 0 bridgehead atoms. The van der Waals surface area contributed by atoms with Gasteiger partial charge in [0.1, 0.15) is 11.4 Å². The van der Waals surface area contributed by atoms with E-state index < -0.39 is 21.4 Å². The van der Waals surface area contributed by atoms with E-state index in [1.54, 1.807) is 18.3 Å². The summed E-state index contributed by atoms with van der Waals surface area (Å²) in [6.45, 7) is 0. The Morgan fingerprint density at radius 2 is 1.86 bits per heavy atom. The van der Waals surface area contributed by atoms with Gasteiger partial charge in [-0.15, -0.1) is 0 Å². The maximum absolute atomic E-state index is 13.7. The second-order valence-electron chi connectivity index (χ2n) is 5.40. The van der Waals surface area contributed by atoms with E-state index in [2.05, 4.69) is 15.0 Å². The van der Waals surface area contributed by atoms with Crippen molar-refractivity contribution in [1.82, 2.24) is 4.98 Å². The predicted octanol–water partition coefficient (Wildman–Crippen LogP) is 3.07.